The largest absolute Gasteiger partial charge is 0.391 e. The van der Waals surface area contributed by atoms with Gasteiger partial charge in [-0.2, -0.15) is 0 Å². The highest BCUT2D eigenvalue weighted by atomic mass is 16.3. The molecule has 2 atom stereocenters. The summed E-state index contributed by atoms with van der Waals surface area (Å²) in [5, 5.41) is 13.3. The van der Waals surface area contributed by atoms with Crippen LogP contribution in [-0.4, -0.2) is 39.1 Å². The summed E-state index contributed by atoms with van der Waals surface area (Å²) in [5.41, 5.74) is 4.04. The number of aromatic nitrogens is 2. The fraction of sp³-hybridized carbons (Fsp3) is 0.333. The van der Waals surface area contributed by atoms with Gasteiger partial charge in [0.1, 0.15) is 0 Å². The molecule has 0 bridgehead atoms. The summed E-state index contributed by atoms with van der Waals surface area (Å²) in [6.45, 7) is 1.13. The molecule has 0 amide bonds. The van der Waals surface area contributed by atoms with Crippen molar-refractivity contribution in [2.24, 2.45) is 0 Å². The summed E-state index contributed by atoms with van der Waals surface area (Å²) < 4.78 is 1.93. The number of carbonyl (C=O) groups excluding carboxylic acids is 1. The topological polar surface area (TPSA) is 67.2 Å². The molecular weight excluding hydrogens is 326 g/mol. The molecule has 2 aromatic carbocycles. The van der Waals surface area contributed by atoms with Crippen molar-refractivity contribution < 1.29 is 9.90 Å². The Balaban J connectivity index is 1.60. The molecule has 0 saturated carbocycles. The van der Waals surface area contributed by atoms with Crippen LogP contribution >= 0.6 is 0 Å². The molecule has 1 aromatic heterocycles. The summed E-state index contributed by atoms with van der Waals surface area (Å²) in [6, 6.07) is 16.0. The van der Waals surface area contributed by atoms with Crippen molar-refractivity contribution in [2.45, 2.75) is 38.0 Å². The van der Waals surface area contributed by atoms with Crippen molar-refractivity contribution in [3.05, 3.63) is 54.9 Å². The number of hydrogen-bond donors (Lipinski definition) is 2. The third kappa shape index (κ3) is 3.41. The Kier molecular flexibility index (Phi) is 4.82. The molecule has 1 aliphatic rings. The number of nitrogens with zero attached hydrogens (tertiary/aromatic N) is 2. The monoisotopic (exact) mass is 349 g/mol. The van der Waals surface area contributed by atoms with Gasteiger partial charge in [0.15, 0.2) is 5.78 Å². The maximum Gasteiger partial charge on any atom is 0.154 e. The number of hydrogen-bond acceptors (Lipinski definition) is 4. The SMILES string of the molecule is O=C(C[C@H]1NCCC[C@@H]1O)Cn1cnc2cccc(-c3ccccc3)c21. The number of para-hydroxylation sites is 1. The van der Waals surface area contributed by atoms with E-state index in [0.29, 0.717) is 6.42 Å². The van der Waals surface area contributed by atoms with Crippen molar-refractivity contribution in [1.82, 2.24) is 14.9 Å². The molecule has 0 radical (unpaired) electrons. The second kappa shape index (κ2) is 7.40. The smallest absolute Gasteiger partial charge is 0.154 e. The van der Waals surface area contributed by atoms with Gasteiger partial charge in [0.2, 0.25) is 0 Å². The highest BCUT2D eigenvalue weighted by Gasteiger charge is 2.25. The molecule has 134 valence electrons. The number of benzene rings is 2. The lowest BCUT2D eigenvalue weighted by molar-refractivity contribution is -0.121. The van der Waals surface area contributed by atoms with Gasteiger partial charge in [-0.1, -0.05) is 42.5 Å². The molecule has 1 fully saturated rings. The number of aliphatic hydroxyl groups excluding tert-OH is 1. The Bertz CT molecular complexity index is 904. The average Bonchev–Trinajstić information content (AvgIpc) is 3.07. The molecule has 1 saturated heterocycles. The second-order valence-electron chi connectivity index (χ2n) is 6.92. The molecule has 2 N–H and O–H groups in total. The second-order valence-corrected chi connectivity index (χ2v) is 6.92. The van der Waals surface area contributed by atoms with Gasteiger partial charge in [0, 0.05) is 18.0 Å². The van der Waals surface area contributed by atoms with Gasteiger partial charge in [-0.25, -0.2) is 4.98 Å². The molecule has 5 nitrogen and oxygen atoms in total. The summed E-state index contributed by atoms with van der Waals surface area (Å²) in [7, 11) is 0. The Hall–Kier alpha value is -2.50. The van der Waals surface area contributed by atoms with E-state index in [1.54, 1.807) is 6.33 Å². The number of imidazole rings is 1. The minimum Gasteiger partial charge on any atom is -0.391 e. The number of rotatable bonds is 5. The van der Waals surface area contributed by atoms with Crippen LogP contribution in [-0.2, 0) is 11.3 Å². The van der Waals surface area contributed by atoms with E-state index in [9.17, 15) is 9.90 Å². The van der Waals surface area contributed by atoms with Crippen molar-refractivity contribution in [2.75, 3.05) is 6.54 Å². The van der Waals surface area contributed by atoms with E-state index in [0.717, 1.165) is 41.5 Å². The maximum absolute atomic E-state index is 12.6. The van der Waals surface area contributed by atoms with Crippen LogP contribution in [0.5, 0.6) is 0 Å². The van der Waals surface area contributed by atoms with E-state index in [1.807, 2.05) is 34.9 Å². The Morgan fingerprint density at radius 3 is 2.85 bits per heavy atom. The fourth-order valence-electron chi connectivity index (χ4n) is 3.74. The summed E-state index contributed by atoms with van der Waals surface area (Å²) in [4.78, 5) is 17.1. The van der Waals surface area contributed by atoms with Crippen LogP contribution in [0.25, 0.3) is 22.2 Å². The zero-order valence-corrected chi connectivity index (χ0v) is 14.6. The molecule has 0 unspecified atom stereocenters. The van der Waals surface area contributed by atoms with Gasteiger partial charge in [-0.3, -0.25) is 4.79 Å². The number of Topliss-reactive ketones (excluding diaryl/α,β-unsaturated/α-hetero) is 1. The average molecular weight is 349 g/mol. The third-order valence-corrected chi connectivity index (χ3v) is 5.06. The van der Waals surface area contributed by atoms with Gasteiger partial charge < -0.3 is 15.0 Å². The van der Waals surface area contributed by atoms with Crippen molar-refractivity contribution in [1.29, 1.82) is 0 Å². The fourth-order valence-corrected chi connectivity index (χ4v) is 3.74. The van der Waals surface area contributed by atoms with Gasteiger partial charge in [0.25, 0.3) is 0 Å². The number of aliphatic hydroxyl groups is 1. The number of fused-ring (bicyclic) bond motifs is 1. The van der Waals surface area contributed by atoms with E-state index in [-0.39, 0.29) is 18.4 Å². The van der Waals surface area contributed by atoms with Crippen LogP contribution in [0.1, 0.15) is 19.3 Å². The Morgan fingerprint density at radius 1 is 1.19 bits per heavy atom. The predicted molar refractivity (Wildman–Crippen MR) is 102 cm³/mol. The quantitative estimate of drug-likeness (QED) is 0.743. The highest BCUT2D eigenvalue weighted by Crippen LogP contribution is 2.28. The first kappa shape index (κ1) is 16.9. The van der Waals surface area contributed by atoms with Crippen LogP contribution in [0.3, 0.4) is 0 Å². The lowest BCUT2D eigenvalue weighted by Gasteiger charge is -2.28. The normalized spacial score (nSPS) is 20.3. The van der Waals surface area contributed by atoms with Crippen LogP contribution in [0.4, 0.5) is 0 Å². The van der Waals surface area contributed by atoms with Crippen molar-refractivity contribution in [3.8, 4) is 11.1 Å². The van der Waals surface area contributed by atoms with Crippen LogP contribution in [0, 0.1) is 0 Å². The predicted octanol–water partition coefficient (Wildman–Crippen LogP) is 2.78. The first-order valence-corrected chi connectivity index (χ1v) is 9.15. The molecule has 3 aromatic rings. The molecule has 5 heteroatoms. The summed E-state index contributed by atoms with van der Waals surface area (Å²) in [5.74, 6) is 0.102. The molecule has 0 spiro atoms. The van der Waals surface area contributed by atoms with Gasteiger partial charge >= 0.3 is 0 Å². The van der Waals surface area contributed by atoms with Gasteiger partial charge in [0.05, 0.1) is 30.0 Å². The van der Waals surface area contributed by atoms with E-state index in [2.05, 4.69) is 28.5 Å². The van der Waals surface area contributed by atoms with Crippen LogP contribution in [0.2, 0.25) is 0 Å². The van der Waals surface area contributed by atoms with E-state index in [4.69, 9.17) is 0 Å². The molecule has 1 aliphatic heterocycles. The lowest BCUT2D eigenvalue weighted by atomic mass is 9.97. The van der Waals surface area contributed by atoms with E-state index in [1.165, 1.54) is 0 Å². The highest BCUT2D eigenvalue weighted by molar-refractivity contribution is 5.93. The van der Waals surface area contributed by atoms with Crippen LogP contribution in [0.15, 0.2) is 54.9 Å². The van der Waals surface area contributed by atoms with Crippen molar-refractivity contribution >= 4 is 16.8 Å². The standard InChI is InChI=1S/C21H23N3O2/c25-16(12-19-20(26)10-5-11-22-19)13-24-14-23-18-9-4-8-17(21(18)24)15-6-2-1-3-7-15/h1-4,6-9,14,19-20,22,26H,5,10-13H2/t19-,20+/m1/s1. The van der Waals surface area contributed by atoms with Crippen LogP contribution < -0.4 is 5.32 Å². The minimum atomic E-state index is -0.438. The maximum atomic E-state index is 12.6. The third-order valence-electron chi connectivity index (χ3n) is 5.06. The van der Waals surface area contributed by atoms with E-state index < -0.39 is 6.10 Å². The molecule has 0 aliphatic carbocycles. The molecular formula is C21H23N3O2. The van der Waals surface area contributed by atoms with E-state index >= 15 is 0 Å². The Labute approximate surface area is 152 Å². The zero-order valence-electron chi connectivity index (χ0n) is 14.6. The summed E-state index contributed by atoms with van der Waals surface area (Å²) in [6.07, 6.45) is 3.36. The number of ketones is 1. The minimum absolute atomic E-state index is 0.102. The molecule has 4 rings (SSSR count). The number of piperidine rings is 1. The Morgan fingerprint density at radius 2 is 2.04 bits per heavy atom. The first-order valence-electron chi connectivity index (χ1n) is 9.15. The van der Waals surface area contributed by atoms with Crippen molar-refractivity contribution in [3.63, 3.8) is 0 Å². The number of carbonyl (C=O) groups is 1. The first-order chi connectivity index (χ1) is 12.7. The molecule has 26 heavy (non-hydrogen) atoms. The molecule has 2 heterocycles. The van der Waals surface area contributed by atoms with Gasteiger partial charge in [-0.05, 0) is 31.0 Å². The lowest BCUT2D eigenvalue weighted by Crippen LogP contribution is -2.46. The zero-order chi connectivity index (χ0) is 17.9. The van der Waals surface area contributed by atoms with Gasteiger partial charge in [-0.15, -0.1) is 0 Å². The number of nitrogens with one attached hydrogen (secondary N) is 1. The summed E-state index contributed by atoms with van der Waals surface area (Å²) >= 11 is 0.